The van der Waals surface area contributed by atoms with E-state index in [4.69, 9.17) is 9.84 Å². The molecule has 0 N–H and O–H groups in total. The van der Waals surface area contributed by atoms with Crippen LogP contribution in [0, 0.1) is 6.92 Å². The van der Waals surface area contributed by atoms with Crippen LogP contribution in [0.15, 0.2) is 11.6 Å². The molecule has 2 aromatic heterocycles. The van der Waals surface area contributed by atoms with Crippen molar-refractivity contribution in [1.29, 1.82) is 0 Å². The molecular formula is C15H22N4OS. The fraction of sp³-hybridized carbons (Fsp3) is 0.600. The third-order valence-electron chi connectivity index (χ3n) is 3.91. The number of aryl methyl sites for hydroxylation is 2. The summed E-state index contributed by atoms with van der Waals surface area (Å²) >= 11 is 1.72. The van der Waals surface area contributed by atoms with Crippen molar-refractivity contribution in [1.82, 2.24) is 19.7 Å². The summed E-state index contributed by atoms with van der Waals surface area (Å²) in [4.78, 5) is 7.00. The van der Waals surface area contributed by atoms with Gasteiger partial charge in [-0.05, 0) is 13.8 Å². The monoisotopic (exact) mass is 306 g/mol. The highest BCUT2D eigenvalue weighted by Gasteiger charge is 2.28. The average Bonchev–Trinajstić information content (AvgIpc) is 3.05. The molecule has 21 heavy (non-hydrogen) atoms. The minimum absolute atomic E-state index is 0.402. The lowest BCUT2D eigenvalue weighted by molar-refractivity contribution is 0.135. The molecule has 0 saturated carbocycles. The van der Waals surface area contributed by atoms with Gasteiger partial charge in [0.1, 0.15) is 0 Å². The SMILES string of the molecule is CCn1cc2c(n1)CN(Cc1csc(C)n1)C[C@H]2COC. The second-order valence-electron chi connectivity index (χ2n) is 5.57. The zero-order valence-electron chi connectivity index (χ0n) is 12.9. The molecule has 6 heteroatoms. The first-order valence-corrected chi connectivity index (χ1v) is 8.26. The van der Waals surface area contributed by atoms with Crippen LogP contribution in [0.3, 0.4) is 0 Å². The molecule has 1 atom stereocenters. The lowest BCUT2D eigenvalue weighted by Crippen LogP contribution is -2.34. The normalized spacial score (nSPS) is 18.9. The average molecular weight is 306 g/mol. The van der Waals surface area contributed by atoms with Crippen LogP contribution >= 0.6 is 11.3 Å². The molecule has 5 nitrogen and oxygen atoms in total. The molecule has 0 saturated heterocycles. The molecule has 1 aliphatic heterocycles. The van der Waals surface area contributed by atoms with Crippen molar-refractivity contribution >= 4 is 11.3 Å². The minimum atomic E-state index is 0.402. The number of nitrogens with zero attached hydrogens (tertiary/aromatic N) is 4. The Balaban J connectivity index is 1.79. The minimum Gasteiger partial charge on any atom is -0.384 e. The summed E-state index contributed by atoms with van der Waals surface area (Å²) in [6, 6.07) is 0. The molecule has 1 aliphatic rings. The smallest absolute Gasteiger partial charge is 0.0897 e. The Bertz CT molecular complexity index is 607. The van der Waals surface area contributed by atoms with Crippen LogP contribution in [-0.2, 0) is 24.4 Å². The van der Waals surface area contributed by atoms with Crippen LogP contribution < -0.4 is 0 Å². The lowest BCUT2D eigenvalue weighted by atomic mass is 9.95. The molecule has 114 valence electrons. The first kappa shape index (κ1) is 14.7. The Morgan fingerprint density at radius 3 is 3.00 bits per heavy atom. The van der Waals surface area contributed by atoms with E-state index in [1.807, 2.05) is 4.68 Å². The van der Waals surface area contributed by atoms with Gasteiger partial charge in [-0.2, -0.15) is 5.10 Å². The third-order valence-corrected chi connectivity index (χ3v) is 4.73. The standard InChI is InChI=1S/C15H22N4OS/c1-4-19-7-14-12(9-20-3)5-18(8-15(14)17-19)6-13-10-21-11(2)16-13/h7,10,12H,4-6,8-9H2,1-3H3/t12-/m0/s1. The summed E-state index contributed by atoms with van der Waals surface area (Å²) in [5.41, 5.74) is 3.70. The van der Waals surface area contributed by atoms with Gasteiger partial charge >= 0.3 is 0 Å². The van der Waals surface area contributed by atoms with E-state index in [-0.39, 0.29) is 0 Å². The van der Waals surface area contributed by atoms with Crippen molar-refractivity contribution in [3.8, 4) is 0 Å². The fourth-order valence-electron chi connectivity index (χ4n) is 2.96. The molecule has 0 aromatic carbocycles. The zero-order valence-corrected chi connectivity index (χ0v) is 13.7. The van der Waals surface area contributed by atoms with Crippen molar-refractivity contribution in [3.63, 3.8) is 0 Å². The van der Waals surface area contributed by atoms with Crippen LogP contribution in [-0.4, -0.2) is 39.9 Å². The Labute approximate surface area is 129 Å². The van der Waals surface area contributed by atoms with E-state index in [1.54, 1.807) is 18.4 Å². The predicted octanol–water partition coefficient (Wildman–Crippen LogP) is 2.41. The number of methoxy groups -OCH3 is 1. The van der Waals surface area contributed by atoms with E-state index >= 15 is 0 Å². The van der Waals surface area contributed by atoms with E-state index in [1.165, 1.54) is 11.3 Å². The number of hydrogen-bond acceptors (Lipinski definition) is 5. The number of ether oxygens (including phenoxy) is 1. The van der Waals surface area contributed by atoms with E-state index < -0.39 is 0 Å². The predicted molar refractivity (Wildman–Crippen MR) is 83.5 cm³/mol. The first-order valence-electron chi connectivity index (χ1n) is 7.38. The van der Waals surface area contributed by atoms with Crippen LogP contribution in [0.4, 0.5) is 0 Å². The zero-order chi connectivity index (χ0) is 14.8. The molecule has 0 spiro atoms. The number of hydrogen-bond donors (Lipinski definition) is 0. The van der Waals surface area contributed by atoms with Gasteiger partial charge in [-0.25, -0.2) is 4.98 Å². The summed E-state index contributed by atoms with van der Waals surface area (Å²) in [5, 5.41) is 7.98. The highest BCUT2D eigenvalue weighted by Crippen LogP contribution is 2.29. The third kappa shape index (κ3) is 3.17. The second kappa shape index (κ2) is 6.25. The largest absolute Gasteiger partial charge is 0.384 e. The lowest BCUT2D eigenvalue weighted by Gasteiger charge is -2.31. The second-order valence-corrected chi connectivity index (χ2v) is 6.63. The summed E-state index contributed by atoms with van der Waals surface area (Å²) < 4.78 is 7.44. The van der Waals surface area contributed by atoms with Gasteiger partial charge in [0.25, 0.3) is 0 Å². The van der Waals surface area contributed by atoms with Crippen LogP contribution in [0.5, 0.6) is 0 Å². The van der Waals surface area contributed by atoms with E-state index in [9.17, 15) is 0 Å². The van der Waals surface area contributed by atoms with Crippen molar-refractivity contribution < 1.29 is 4.74 Å². The summed E-state index contributed by atoms with van der Waals surface area (Å²) in [6.45, 7) is 8.64. The summed E-state index contributed by atoms with van der Waals surface area (Å²) in [7, 11) is 1.77. The van der Waals surface area contributed by atoms with E-state index in [0.29, 0.717) is 5.92 Å². The first-order chi connectivity index (χ1) is 10.2. The molecule has 0 radical (unpaired) electrons. The van der Waals surface area contributed by atoms with Crippen LogP contribution in [0.1, 0.15) is 34.8 Å². The van der Waals surface area contributed by atoms with E-state index in [0.717, 1.165) is 43.5 Å². The van der Waals surface area contributed by atoms with Crippen LogP contribution in [0.25, 0.3) is 0 Å². The number of aromatic nitrogens is 3. The molecule has 0 fully saturated rings. The van der Waals surface area contributed by atoms with Gasteiger partial charge in [0.15, 0.2) is 0 Å². The molecule has 0 bridgehead atoms. The van der Waals surface area contributed by atoms with Gasteiger partial charge in [0.2, 0.25) is 0 Å². The maximum atomic E-state index is 5.41. The Kier molecular flexibility index (Phi) is 4.37. The van der Waals surface area contributed by atoms with Gasteiger partial charge in [0.05, 0.1) is 23.0 Å². The van der Waals surface area contributed by atoms with Crippen molar-refractivity contribution in [2.45, 2.75) is 39.4 Å². The van der Waals surface area contributed by atoms with E-state index in [2.05, 4.69) is 35.3 Å². The quantitative estimate of drug-likeness (QED) is 0.851. The molecule has 3 heterocycles. The summed E-state index contributed by atoms with van der Waals surface area (Å²) in [6.07, 6.45) is 2.18. The maximum absolute atomic E-state index is 5.41. The molecule has 2 aromatic rings. The van der Waals surface area contributed by atoms with Crippen LogP contribution in [0.2, 0.25) is 0 Å². The number of fused-ring (bicyclic) bond motifs is 1. The molecule has 3 rings (SSSR count). The Hall–Kier alpha value is -1.24. The highest BCUT2D eigenvalue weighted by molar-refractivity contribution is 7.09. The van der Waals surface area contributed by atoms with Gasteiger partial charge in [-0.1, -0.05) is 0 Å². The Morgan fingerprint density at radius 2 is 2.33 bits per heavy atom. The molecule has 0 amide bonds. The summed E-state index contributed by atoms with van der Waals surface area (Å²) in [5.74, 6) is 0.402. The van der Waals surface area contributed by atoms with Crippen molar-refractivity contribution in [2.75, 3.05) is 20.3 Å². The molecule has 0 unspecified atom stereocenters. The van der Waals surface area contributed by atoms with Gasteiger partial charge in [-0.15, -0.1) is 11.3 Å². The molecule has 0 aliphatic carbocycles. The van der Waals surface area contributed by atoms with Crippen molar-refractivity contribution in [3.05, 3.63) is 33.5 Å². The maximum Gasteiger partial charge on any atom is 0.0897 e. The van der Waals surface area contributed by atoms with Crippen molar-refractivity contribution in [2.24, 2.45) is 0 Å². The topological polar surface area (TPSA) is 43.2 Å². The van der Waals surface area contributed by atoms with Gasteiger partial charge in [-0.3, -0.25) is 9.58 Å². The number of thiazole rings is 1. The molecular weight excluding hydrogens is 284 g/mol. The number of rotatable bonds is 5. The Morgan fingerprint density at radius 1 is 1.48 bits per heavy atom. The van der Waals surface area contributed by atoms with Gasteiger partial charge in [0, 0.05) is 56.3 Å². The highest BCUT2D eigenvalue weighted by atomic mass is 32.1. The fourth-order valence-corrected chi connectivity index (χ4v) is 3.57. The van der Waals surface area contributed by atoms with Gasteiger partial charge < -0.3 is 4.74 Å².